The second-order valence-corrected chi connectivity index (χ2v) is 6.50. The molecule has 1 saturated heterocycles. The Morgan fingerprint density at radius 2 is 1.95 bits per heavy atom. The molecule has 1 aliphatic heterocycles. The average molecular weight is 301 g/mol. The molecule has 1 heterocycles. The van der Waals surface area contributed by atoms with E-state index in [0.717, 1.165) is 24.0 Å². The van der Waals surface area contributed by atoms with E-state index in [1.54, 1.807) is 4.90 Å². The Morgan fingerprint density at radius 1 is 1.27 bits per heavy atom. The number of carbonyl (C=O) groups excluding carboxylic acids is 2. The second-order valence-electron chi connectivity index (χ2n) is 6.50. The monoisotopic (exact) mass is 301 g/mol. The zero-order valence-corrected chi connectivity index (χ0v) is 13.5. The number of esters is 1. The van der Waals surface area contributed by atoms with Gasteiger partial charge in [0.15, 0.2) is 0 Å². The Kier molecular flexibility index (Phi) is 5.01. The van der Waals surface area contributed by atoms with Crippen molar-refractivity contribution in [1.29, 1.82) is 0 Å². The highest BCUT2D eigenvalue weighted by Gasteiger charge is 2.27. The van der Waals surface area contributed by atoms with Gasteiger partial charge in [-0.3, -0.25) is 9.59 Å². The minimum atomic E-state index is -0.529. The number of benzene rings is 1. The smallest absolute Gasteiger partial charge is 0.326 e. The fourth-order valence-corrected chi connectivity index (χ4v) is 2.44. The summed E-state index contributed by atoms with van der Waals surface area (Å²) in [6.07, 6.45) is 3.52. The van der Waals surface area contributed by atoms with E-state index in [4.69, 9.17) is 4.74 Å². The number of ether oxygens (including phenoxy) is 1. The summed E-state index contributed by atoms with van der Waals surface area (Å²) in [5.41, 5.74) is 1.23. The van der Waals surface area contributed by atoms with Crippen LogP contribution in [0.5, 0.6) is 0 Å². The summed E-state index contributed by atoms with van der Waals surface area (Å²) >= 11 is 0. The van der Waals surface area contributed by atoms with Crippen LogP contribution >= 0.6 is 0 Å². The van der Waals surface area contributed by atoms with Crippen LogP contribution in [-0.2, 0) is 14.3 Å². The van der Waals surface area contributed by atoms with Gasteiger partial charge in [-0.1, -0.05) is 30.3 Å². The van der Waals surface area contributed by atoms with Crippen LogP contribution in [-0.4, -0.2) is 35.5 Å². The topological polar surface area (TPSA) is 46.6 Å². The van der Waals surface area contributed by atoms with Crippen LogP contribution in [0.3, 0.4) is 0 Å². The first-order valence-corrected chi connectivity index (χ1v) is 7.62. The van der Waals surface area contributed by atoms with Crippen molar-refractivity contribution < 1.29 is 14.3 Å². The molecule has 0 bridgehead atoms. The van der Waals surface area contributed by atoms with E-state index in [1.807, 2.05) is 57.2 Å². The number of nitrogens with zero attached hydrogens (tertiary/aromatic N) is 1. The quantitative estimate of drug-likeness (QED) is 0.637. The van der Waals surface area contributed by atoms with E-state index in [0.29, 0.717) is 6.54 Å². The molecule has 1 fully saturated rings. The zero-order valence-electron chi connectivity index (χ0n) is 13.5. The highest BCUT2D eigenvalue weighted by molar-refractivity contribution is 5.99. The van der Waals surface area contributed by atoms with E-state index in [9.17, 15) is 9.59 Å². The Morgan fingerprint density at radius 3 is 2.59 bits per heavy atom. The third kappa shape index (κ3) is 4.72. The van der Waals surface area contributed by atoms with Gasteiger partial charge in [-0.05, 0) is 45.3 Å². The number of rotatable bonds is 3. The molecule has 0 atom stereocenters. The van der Waals surface area contributed by atoms with Crippen molar-refractivity contribution in [1.82, 2.24) is 4.90 Å². The zero-order chi connectivity index (χ0) is 16.2. The molecule has 1 aliphatic rings. The van der Waals surface area contributed by atoms with Crippen LogP contribution in [0.15, 0.2) is 35.9 Å². The average Bonchev–Trinajstić information content (AvgIpc) is 2.42. The molecule has 2 rings (SSSR count). The molecule has 22 heavy (non-hydrogen) atoms. The van der Waals surface area contributed by atoms with Crippen LogP contribution < -0.4 is 0 Å². The van der Waals surface area contributed by atoms with Crippen molar-refractivity contribution in [2.24, 2.45) is 0 Å². The van der Waals surface area contributed by atoms with Crippen molar-refractivity contribution >= 4 is 18.0 Å². The van der Waals surface area contributed by atoms with Gasteiger partial charge in [0.05, 0.1) is 0 Å². The minimum Gasteiger partial charge on any atom is -0.459 e. The second kappa shape index (κ2) is 6.77. The first-order valence-electron chi connectivity index (χ1n) is 7.62. The van der Waals surface area contributed by atoms with Gasteiger partial charge in [-0.15, -0.1) is 0 Å². The summed E-state index contributed by atoms with van der Waals surface area (Å²) < 4.78 is 5.29. The maximum Gasteiger partial charge on any atom is 0.326 e. The molecule has 0 N–H and O–H groups in total. The van der Waals surface area contributed by atoms with E-state index < -0.39 is 5.60 Å². The lowest BCUT2D eigenvalue weighted by atomic mass is 10.0. The predicted molar refractivity (Wildman–Crippen MR) is 86.1 cm³/mol. The number of amides is 1. The Bertz CT molecular complexity index is 570. The lowest BCUT2D eigenvalue weighted by Gasteiger charge is -2.29. The van der Waals surface area contributed by atoms with Crippen molar-refractivity contribution in [3.8, 4) is 0 Å². The first-order chi connectivity index (χ1) is 10.3. The molecular weight excluding hydrogens is 278 g/mol. The summed E-state index contributed by atoms with van der Waals surface area (Å²) in [4.78, 5) is 26.0. The highest BCUT2D eigenvalue weighted by Crippen LogP contribution is 2.20. The molecule has 0 radical (unpaired) electrons. The fourth-order valence-electron chi connectivity index (χ4n) is 2.44. The number of likely N-dealkylation sites (tertiary alicyclic amines) is 1. The Hall–Kier alpha value is -2.10. The molecule has 1 aromatic rings. The van der Waals surface area contributed by atoms with E-state index >= 15 is 0 Å². The predicted octanol–water partition coefficient (Wildman–Crippen LogP) is 3.03. The van der Waals surface area contributed by atoms with Gasteiger partial charge in [0.25, 0.3) is 0 Å². The molecule has 0 aromatic heterocycles. The molecule has 4 heteroatoms. The van der Waals surface area contributed by atoms with Crippen molar-refractivity contribution in [3.63, 3.8) is 0 Å². The lowest BCUT2D eigenvalue weighted by molar-refractivity contribution is -0.158. The first kappa shape index (κ1) is 16.3. The Balaban J connectivity index is 2.04. The van der Waals surface area contributed by atoms with Crippen molar-refractivity contribution in [2.45, 2.75) is 39.2 Å². The van der Waals surface area contributed by atoms with Crippen molar-refractivity contribution in [3.05, 3.63) is 41.5 Å². The molecule has 0 unspecified atom stereocenters. The van der Waals surface area contributed by atoms with Gasteiger partial charge in [-0.2, -0.15) is 0 Å². The number of hydrogen-bond donors (Lipinski definition) is 0. The van der Waals surface area contributed by atoms with Gasteiger partial charge in [-0.25, -0.2) is 0 Å². The highest BCUT2D eigenvalue weighted by atomic mass is 16.6. The summed E-state index contributed by atoms with van der Waals surface area (Å²) in [6, 6.07) is 9.76. The van der Waals surface area contributed by atoms with E-state index in [1.165, 1.54) is 0 Å². The third-order valence-electron chi connectivity index (χ3n) is 3.32. The third-order valence-corrected chi connectivity index (χ3v) is 3.32. The van der Waals surface area contributed by atoms with Crippen molar-refractivity contribution in [2.75, 3.05) is 13.1 Å². The van der Waals surface area contributed by atoms with Crippen LogP contribution in [0.1, 0.15) is 39.2 Å². The van der Waals surface area contributed by atoms with Crippen LogP contribution in [0.2, 0.25) is 0 Å². The number of hydrogen-bond acceptors (Lipinski definition) is 3. The summed E-state index contributed by atoms with van der Waals surface area (Å²) in [5, 5.41) is 0. The summed E-state index contributed by atoms with van der Waals surface area (Å²) in [5.74, 6) is -0.428. The van der Waals surface area contributed by atoms with Gasteiger partial charge >= 0.3 is 5.97 Å². The minimum absolute atomic E-state index is 0.0161. The molecule has 1 amide bonds. The largest absolute Gasteiger partial charge is 0.459 e. The normalized spacial score (nSPS) is 17.7. The van der Waals surface area contributed by atoms with Crippen LogP contribution in [0.25, 0.3) is 6.08 Å². The summed E-state index contributed by atoms with van der Waals surface area (Å²) in [6.45, 7) is 6.09. The van der Waals surface area contributed by atoms with Gasteiger partial charge < -0.3 is 9.64 Å². The van der Waals surface area contributed by atoms with Crippen LogP contribution in [0.4, 0.5) is 0 Å². The molecule has 1 aromatic carbocycles. The molecule has 0 aliphatic carbocycles. The van der Waals surface area contributed by atoms with E-state index in [2.05, 4.69) is 0 Å². The van der Waals surface area contributed by atoms with Gasteiger partial charge in [0.2, 0.25) is 5.91 Å². The maximum absolute atomic E-state index is 12.5. The molecule has 4 nitrogen and oxygen atoms in total. The Labute approximate surface area is 131 Å². The fraction of sp³-hybridized carbons (Fsp3) is 0.444. The SMILES string of the molecule is CC(C)(C)OC(=O)CN1CCC/C(=C\c2ccccc2)C1=O. The molecule has 118 valence electrons. The molecular formula is C18H23NO3. The number of piperidine rings is 1. The standard InChI is InChI=1S/C18H23NO3/c1-18(2,3)22-16(20)13-19-11-7-10-15(17(19)21)12-14-8-5-4-6-9-14/h4-6,8-9,12H,7,10-11,13H2,1-3H3/b15-12+. The van der Waals surface area contributed by atoms with Crippen LogP contribution in [0, 0.1) is 0 Å². The maximum atomic E-state index is 12.5. The van der Waals surface area contributed by atoms with E-state index in [-0.39, 0.29) is 18.4 Å². The van der Waals surface area contributed by atoms with Gasteiger partial charge in [0, 0.05) is 12.1 Å². The lowest BCUT2D eigenvalue weighted by Crippen LogP contribution is -2.42. The molecule has 0 spiro atoms. The molecule has 0 saturated carbocycles. The van der Waals surface area contributed by atoms with Gasteiger partial charge in [0.1, 0.15) is 12.1 Å². The number of carbonyl (C=O) groups is 2. The summed E-state index contributed by atoms with van der Waals surface area (Å²) in [7, 11) is 0.